The van der Waals surface area contributed by atoms with Crippen molar-refractivity contribution >= 4 is 5.91 Å². The van der Waals surface area contributed by atoms with Crippen molar-refractivity contribution < 1.29 is 4.79 Å². The molecule has 1 aliphatic rings. The summed E-state index contributed by atoms with van der Waals surface area (Å²) in [5.74, 6) is 0.294. The van der Waals surface area contributed by atoms with Crippen LogP contribution in [0.25, 0.3) is 0 Å². The Morgan fingerprint density at radius 3 is 2.53 bits per heavy atom. The van der Waals surface area contributed by atoms with Gasteiger partial charge in [-0.2, -0.15) is 0 Å². The van der Waals surface area contributed by atoms with Gasteiger partial charge in [0, 0.05) is 38.8 Å². The molecule has 0 aromatic heterocycles. The molecule has 1 heterocycles. The van der Waals surface area contributed by atoms with Gasteiger partial charge >= 0.3 is 0 Å². The summed E-state index contributed by atoms with van der Waals surface area (Å²) in [6.45, 7) is 11.8. The number of amides is 1. The standard InChI is InChI=1S/C13H27N3O/c1-4-7-16(8-5-2)13(17)11-15-9-6-14-12(3)10-15/h12,14H,4-11H2,1-3H3/t12-/m0/s1. The lowest BCUT2D eigenvalue weighted by atomic mass is 10.2. The quantitative estimate of drug-likeness (QED) is 0.751. The van der Waals surface area contributed by atoms with Crippen molar-refractivity contribution in [3.8, 4) is 0 Å². The number of piperazine rings is 1. The van der Waals surface area contributed by atoms with Gasteiger partial charge < -0.3 is 10.2 Å². The molecule has 0 aromatic rings. The molecule has 1 rings (SSSR count). The Bertz CT molecular complexity index is 227. The van der Waals surface area contributed by atoms with Crippen LogP contribution in [0.1, 0.15) is 33.6 Å². The maximum atomic E-state index is 12.2. The molecule has 1 atom stereocenters. The molecule has 0 aliphatic carbocycles. The molecule has 4 heteroatoms. The Labute approximate surface area is 105 Å². The average Bonchev–Trinajstić information content (AvgIpc) is 2.28. The molecule has 1 fully saturated rings. The van der Waals surface area contributed by atoms with E-state index in [0.29, 0.717) is 18.5 Å². The van der Waals surface area contributed by atoms with Crippen molar-refractivity contribution in [3.05, 3.63) is 0 Å². The number of carbonyl (C=O) groups is 1. The van der Waals surface area contributed by atoms with Gasteiger partial charge in [0.05, 0.1) is 6.54 Å². The van der Waals surface area contributed by atoms with Crippen molar-refractivity contribution in [1.82, 2.24) is 15.1 Å². The third-order valence-electron chi connectivity index (χ3n) is 3.15. The first-order valence-corrected chi connectivity index (χ1v) is 6.90. The zero-order valence-corrected chi connectivity index (χ0v) is 11.5. The van der Waals surface area contributed by atoms with Gasteiger partial charge in [-0.3, -0.25) is 9.69 Å². The normalized spacial score (nSPS) is 21.5. The lowest BCUT2D eigenvalue weighted by molar-refractivity contribution is -0.132. The molecule has 0 unspecified atom stereocenters. The van der Waals surface area contributed by atoms with E-state index < -0.39 is 0 Å². The van der Waals surface area contributed by atoms with Gasteiger partial charge in [0.1, 0.15) is 0 Å². The molecule has 17 heavy (non-hydrogen) atoms. The molecule has 4 nitrogen and oxygen atoms in total. The highest BCUT2D eigenvalue weighted by Gasteiger charge is 2.20. The Hall–Kier alpha value is -0.610. The molecular weight excluding hydrogens is 214 g/mol. The maximum Gasteiger partial charge on any atom is 0.236 e. The van der Waals surface area contributed by atoms with E-state index in [0.717, 1.165) is 45.6 Å². The summed E-state index contributed by atoms with van der Waals surface area (Å²) in [5.41, 5.74) is 0. The van der Waals surface area contributed by atoms with Gasteiger partial charge in [-0.05, 0) is 19.8 Å². The number of carbonyl (C=O) groups excluding carboxylic acids is 1. The van der Waals surface area contributed by atoms with Crippen LogP contribution in [-0.4, -0.2) is 61.0 Å². The molecule has 0 saturated carbocycles. The lowest BCUT2D eigenvalue weighted by Crippen LogP contribution is -2.52. The Balaban J connectivity index is 2.39. The van der Waals surface area contributed by atoms with Gasteiger partial charge in [-0.1, -0.05) is 13.8 Å². The second-order valence-electron chi connectivity index (χ2n) is 4.97. The predicted molar refractivity (Wildman–Crippen MR) is 71.1 cm³/mol. The van der Waals surface area contributed by atoms with Crippen LogP contribution in [0.15, 0.2) is 0 Å². The van der Waals surface area contributed by atoms with Crippen LogP contribution in [0.2, 0.25) is 0 Å². The first-order chi connectivity index (χ1) is 8.17. The van der Waals surface area contributed by atoms with E-state index >= 15 is 0 Å². The summed E-state index contributed by atoms with van der Waals surface area (Å²) in [7, 11) is 0. The minimum Gasteiger partial charge on any atom is -0.342 e. The molecule has 0 spiro atoms. The largest absolute Gasteiger partial charge is 0.342 e. The van der Waals surface area contributed by atoms with E-state index in [-0.39, 0.29) is 0 Å². The molecule has 0 bridgehead atoms. The van der Waals surface area contributed by atoms with Gasteiger partial charge in [-0.15, -0.1) is 0 Å². The zero-order valence-electron chi connectivity index (χ0n) is 11.5. The number of hydrogen-bond acceptors (Lipinski definition) is 3. The fourth-order valence-corrected chi connectivity index (χ4v) is 2.35. The average molecular weight is 241 g/mol. The minimum atomic E-state index is 0.294. The number of hydrogen-bond donors (Lipinski definition) is 1. The Morgan fingerprint density at radius 2 is 2.00 bits per heavy atom. The number of rotatable bonds is 6. The highest BCUT2D eigenvalue weighted by atomic mass is 16.2. The van der Waals surface area contributed by atoms with Crippen molar-refractivity contribution in [1.29, 1.82) is 0 Å². The van der Waals surface area contributed by atoms with Gasteiger partial charge in [0.25, 0.3) is 0 Å². The molecule has 1 aliphatic heterocycles. The van der Waals surface area contributed by atoms with Gasteiger partial charge in [-0.25, -0.2) is 0 Å². The summed E-state index contributed by atoms with van der Waals surface area (Å²) >= 11 is 0. The fraction of sp³-hybridized carbons (Fsp3) is 0.923. The Morgan fingerprint density at radius 1 is 1.35 bits per heavy atom. The van der Waals surface area contributed by atoms with Crippen LogP contribution in [0.4, 0.5) is 0 Å². The molecule has 1 N–H and O–H groups in total. The van der Waals surface area contributed by atoms with E-state index in [9.17, 15) is 4.79 Å². The van der Waals surface area contributed by atoms with Crippen molar-refractivity contribution in [2.24, 2.45) is 0 Å². The van der Waals surface area contributed by atoms with E-state index in [4.69, 9.17) is 0 Å². The second kappa shape index (κ2) is 7.67. The highest BCUT2D eigenvalue weighted by molar-refractivity contribution is 5.78. The van der Waals surface area contributed by atoms with Crippen LogP contribution in [0, 0.1) is 0 Å². The summed E-state index contributed by atoms with van der Waals surface area (Å²) < 4.78 is 0. The van der Waals surface area contributed by atoms with E-state index in [2.05, 4.69) is 31.0 Å². The van der Waals surface area contributed by atoms with E-state index in [1.54, 1.807) is 0 Å². The Kier molecular flexibility index (Phi) is 6.52. The lowest BCUT2D eigenvalue weighted by Gasteiger charge is -2.33. The topological polar surface area (TPSA) is 35.6 Å². The fourth-order valence-electron chi connectivity index (χ4n) is 2.35. The molecule has 0 aromatic carbocycles. The summed E-state index contributed by atoms with van der Waals surface area (Å²) in [4.78, 5) is 16.4. The molecule has 1 amide bonds. The molecular formula is C13H27N3O. The SMILES string of the molecule is CCCN(CCC)C(=O)CN1CCN[C@@H](C)C1. The second-order valence-corrected chi connectivity index (χ2v) is 4.97. The van der Waals surface area contributed by atoms with Crippen molar-refractivity contribution in [2.45, 2.75) is 39.7 Å². The maximum absolute atomic E-state index is 12.2. The van der Waals surface area contributed by atoms with Crippen LogP contribution >= 0.6 is 0 Å². The minimum absolute atomic E-state index is 0.294. The third-order valence-corrected chi connectivity index (χ3v) is 3.15. The van der Waals surface area contributed by atoms with Gasteiger partial charge in [0.15, 0.2) is 0 Å². The zero-order chi connectivity index (χ0) is 12.7. The number of nitrogens with zero attached hydrogens (tertiary/aromatic N) is 2. The highest BCUT2D eigenvalue weighted by Crippen LogP contribution is 2.02. The van der Waals surface area contributed by atoms with Crippen LogP contribution in [-0.2, 0) is 4.79 Å². The molecule has 100 valence electrons. The molecule has 0 radical (unpaired) electrons. The molecule has 1 saturated heterocycles. The van der Waals surface area contributed by atoms with Crippen LogP contribution in [0.5, 0.6) is 0 Å². The van der Waals surface area contributed by atoms with Crippen molar-refractivity contribution in [2.75, 3.05) is 39.3 Å². The van der Waals surface area contributed by atoms with Crippen molar-refractivity contribution in [3.63, 3.8) is 0 Å². The summed E-state index contributed by atoms with van der Waals surface area (Å²) in [6, 6.07) is 0.502. The van der Waals surface area contributed by atoms with Crippen LogP contribution in [0.3, 0.4) is 0 Å². The third kappa shape index (κ3) is 5.04. The van der Waals surface area contributed by atoms with Gasteiger partial charge in [0.2, 0.25) is 5.91 Å². The first-order valence-electron chi connectivity index (χ1n) is 6.90. The number of nitrogens with one attached hydrogen (secondary N) is 1. The van der Waals surface area contributed by atoms with E-state index in [1.807, 2.05) is 4.90 Å². The van der Waals surface area contributed by atoms with E-state index in [1.165, 1.54) is 0 Å². The summed E-state index contributed by atoms with van der Waals surface area (Å²) in [6.07, 6.45) is 2.09. The summed E-state index contributed by atoms with van der Waals surface area (Å²) in [5, 5.41) is 3.40. The van der Waals surface area contributed by atoms with Crippen LogP contribution < -0.4 is 5.32 Å². The monoisotopic (exact) mass is 241 g/mol. The predicted octanol–water partition coefficient (Wildman–Crippen LogP) is 0.929. The first kappa shape index (κ1) is 14.5. The smallest absolute Gasteiger partial charge is 0.236 e.